The van der Waals surface area contributed by atoms with Gasteiger partial charge in [-0.15, -0.1) is 11.3 Å². The second-order valence-electron chi connectivity index (χ2n) is 4.81. The Morgan fingerprint density at radius 1 is 1.40 bits per heavy atom. The maximum atomic E-state index is 13.8. The van der Waals surface area contributed by atoms with Gasteiger partial charge >= 0.3 is 0 Å². The summed E-state index contributed by atoms with van der Waals surface area (Å²) >= 11 is 4.96. The molecule has 0 fully saturated rings. The Hall–Kier alpha value is -1.20. The molecule has 3 rings (SSSR count). The molecule has 0 radical (unpaired) electrons. The summed E-state index contributed by atoms with van der Waals surface area (Å²) in [6.45, 7) is 0. The highest BCUT2D eigenvalue weighted by molar-refractivity contribution is 9.10. The lowest BCUT2D eigenvalue weighted by molar-refractivity contribution is 0.0928. The third kappa shape index (κ3) is 2.52. The molecule has 1 atom stereocenters. The van der Waals surface area contributed by atoms with Crippen molar-refractivity contribution >= 4 is 33.2 Å². The van der Waals surface area contributed by atoms with Crippen molar-refractivity contribution in [3.05, 3.63) is 55.9 Å². The minimum absolute atomic E-state index is 0.0102. The number of fused-ring (bicyclic) bond motifs is 1. The lowest BCUT2D eigenvalue weighted by Gasteiger charge is -2.24. The van der Waals surface area contributed by atoms with Crippen molar-refractivity contribution in [3.8, 4) is 0 Å². The second-order valence-corrected chi connectivity index (χ2v) is 6.67. The Labute approximate surface area is 129 Å². The Balaban J connectivity index is 1.85. The second kappa shape index (κ2) is 5.66. The topological polar surface area (TPSA) is 29.1 Å². The number of hydrogen-bond acceptors (Lipinski definition) is 2. The molecule has 2 aromatic rings. The van der Waals surface area contributed by atoms with E-state index in [1.807, 2.05) is 5.38 Å². The molecule has 1 amide bonds. The van der Waals surface area contributed by atoms with Crippen LogP contribution in [-0.2, 0) is 6.42 Å². The number of hydrogen-bond donors (Lipinski definition) is 1. The van der Waals surface area contributed by atoms with Gasteiger partial charge in [0.05, 0.1) is 11.6 Å². The summed E-state index contributed by atoms with van der Waals surface area (Å²) in [5.74, 6) is -0.864. The summed E-state index contributed by atoms with van der Waals surface area (Å²) in [4.78, 5) is 13.6. The number of aryl methyl sites for hydroxylation is 1. The largest absolute Gasteiger partial charge is 0.345 e. The van der Waals surface area contributed by atoms with Crippen LogP contribution in [0.3, 0.4) is 0 Å². The molecule has 2 nitrogen and oxygen atoms in total. The predicted molar refractivity (Wildman–Crippen MR) is 81.6 cm³/mol. The van der Waals surface area contributed by atoms with Crippen LogP contribution in [0, 0.1) is 5.82 Å². The molecule has 1 aliphatic carbocycles. The molecule has 1 heterocycles. The summed E-state index contributed by atoms with van der Waals surface area (Å²) in [6, 6.07) is 6.60. The van der Waals surface area contributed by atoms with E-state index in [0.29, 0.717) is 4.47 Å². The molecule has 1 N–H and O–H groups in total. The summed E-state index contributed by atoms with van der Waals surface area (Å²) in [5.41, 5.74) is 1.26. The molecule has 1 aliphatic rings. The van der Waals surface area contributed by atoms with Crippen LogP contribution >= 0.6 is 27.3 Å². The highest BCUT2D eigenvalue weighted by atomic mass is 79.9. The Kier molecular flexibility index (Phi) is 3.89. The van der Waals surface area contributed by atoms with Crippen LogP contribution < -0.4 is 5.32 Å². The van der Waals surface area contributed by atoms with Gasteiger partial charge < -0.3 is 5.32 Å². The Morgan fingerprint density at radius 3 is 3.05 bits per heavy atom. The summed E-state index contributed by atoms with van der Waals surface area (Å²) in [6.07, 6.45) is 3.03. The van der Waals surface area contributed by atoms with Gasteiger partial charge in [-0.1, -0.05) is 6.07 Å². The molecule has 1 aromatic heterocycles. The lowest BCUT2D eigenvalue weighted by Crippen LogP contribution is -2.31. The van der Waals surface area contributed by atoms with Gasteiger partial charge in [-0.25, -0.2) is 4.39 Å². The molecule has 1 aromatic carbocycles. The highest BCUT2D eigenvalue weighted by Gasteiger charge is 2.25. The van der Waals surface area contributed by atoms with Crippen molar-refractivity contribution in [2.45, 2.75) is 25.3 Å². The predicted octanol–water partition coefficient (Wildman–Crippen LogP) is 4.46. The minimum atomic E-state index is -0.502. The van der Waals surface area contributed by atoms with Gasteiger partial charge in [-0.05, 0) is 64.3 Å². The zero-order chi connectivity index (χ0) is 14.1. The molecule has 0 saturated heterocycles. The van der Waals surface area contributed by atoms with E-state index >= 15 is 0 Å². The smallest absolute Gasteiger partial charge is 0.255 e. The molecule has 5 heteroatoms. The van der Waals surface area contributed by atoms with E-state index in [2.05, 4.69) is 27.3 Å². The lowest BCUT2D eigenvalue weighted by atomic mass is 9.94. The number of amides is 1. The normalized spacial score (nSPS) is 17.6. The molecule has 104 valence electrons. The summed E-state index contributed by atoms with van der Waals surface area (Å²) in [5, 5.41) is 5.01. The molecule has 0 aliphatic heterocycles. The van der Waals surface area contributed by atoms with Gasteiger partial charge in [-0.2, -0.15) is 0 Å². The molecule has 0 saturated carbocycles. The van der Waals surface area contributed by atoms with Crippen molar-refractivity contribution in [1.82, 2.24) is 5.32 Å². The van der Waals surface area contributed by atoms with Gasteiger partial charge in [-0.3, -0.25) is 4.79 Å². The zero-order valence-corrected chi connectivity index (χ0v) is 13.1. The molecule has 0 spiro atoms. The number of nitrogens with one attached hydrogen (secondary N) is 1. The third-order valence-corrected chi connectivity index (χ3v) is 5.20. The van der Waals surface area contributed by atoms with Crippen molar-refractivity contribution in [1.29, 1.82) is 0 Å². The van der Waals surface area contributed by atoms with Crippen molar-refractivity contribution in [2.24, 2.45) is 0 Å². The van der Waals surface area contributed by atoms with Crippen LogP contribution in [0.1, 0.15) is 39.7 Å². The van der Waals surface area contributed by atoms with E-state index in [4.69, 9.17) is 0 Å². The SMILES string of the molecule is O=C(NC1CCCc2sccc21)c1c(F)cccc1Br. The Morgan fingerprint density at radius 2 is 2.25 bits per heavy atom. The molecular formula is C15H13BrFNOS. The first-order chi connectivity index (χ1) is 9.66. The maximum Gasteiger partial charge on any atom is 0.255 e. The first-order valence-corrected chi connectivity index (χ1v) is 8.15. The van der Waals surface area contributed by atoms with E-state index in [1.165, 1.54) is 16.5 Å². The van der Waals surface area contributed by atoms with E-state index in [-0.39, 0.29) is 17.5 Å². The van der Waals surface area contributed by atoms with Gasteiger partial charge in [0, 0.05) is 9.35 Å². The quantitative estimate of drug-likeness (QED) is 0.848. The number of carbonyl (C=O) groups excluding carboxylic acids is 1. The monoisotopic (exact) mass is 353 g/mol. The fraction of sp³-hybridized carbons (Fsp3) is 0.267. The van der Waals surface area contributed by atoms with Gasteiger partial charge in [0.2, 0.25) is 0 Å². The minimum Gasteiger partial charge on any atom is -0.345 e. The molecular weight excluding hydrogens is 341 g/mol. The van der Waals surface area contributed by atoms with E-state index < -0.39 is 5.82 Å². The van der Waals surface area contributed by atoms with Crippen molar-refractivity contribution < 1.29 is 9.18 Å². The standard InChI is InChI=1S/C15H13BrFNOS/c16-10-3-1-4-11(17)14(10)15(19)18-12-5-2-6-13-9(12)7-8-20-13/h1,3-4,7-8,12H,2,5-6H2,(H,18,19). The average molecular weight is 354 g/mol. The first-order valence-electron chi connectivity index (χ1n) is 6.48. The fourth-order valence-corrected chi connectivity index (χ4v) is 4.09. The van der Waals surface area contributed by atoms with Crippen LogP contribution in [0.2, 0.25) is 0 Å². The number of carbonyl (C=O) groups is 1. The maximum absolute atomic E-state index is 13.8. The van der Waals surface area contributed by atoms with Crippen LogP contribution in [0.5, 0.6) is 0 Å². The molecule has 0 bridgehead atoms. The van der Waals surface area contributed by atoms with E-state index in [9.17, 15) is 9.18 Å². The van der Waals surface area contributed by atoms with Crippen LogP contribution in [0.25, 0.3) is 0 Å². The van der Waals surface area contributed by atoms with Gasteiger partial charge in [0.15, 0.2) is 0 Å². The van der Waals surface area contributed by atoms with Crippen LogP contribution in [-0.4, -0.2) is 5.91 Å². The summed E-state index contributed by atoms with van der Waals surface area (Å²) < 4.78 is 14.3. The van der Waals surface area contributed by atoms with Crippen molar-refractivity contribution in [3.63, 3.8) is 0 Å². The van der Waals surface area contributed by atoms with E-state index in [0.717, 1.165) is 19.3 Å². The molecule has 1 unspecified atom stereocenters. The molecule has 20 heavy (non-hydrogen) atoms. The fourth-order valence-electron chi connectivity index (χ4n) is 2.58. The van der Waals surface area contributed by atoms with Crippen LogP contribution in [0.4, 0.5) is 4.39 Å². The third-order valence-electron chi connectivity index (χ3n) is 3.55. The average Bonchev–Trinajstić information content (AvgIpc) is 2.88. The van der Waals surface area contributed by atoms with Gasteiger partial charge in [0.25, 0.3) is 5.91 Å². The number of thiophene rings is 1. The number of benzene rings is 1. The summed E-state index contributed by atoms with van der Waals surface area (Å²) in [7, 11) is 0. The Bertz CT molecular complexity index is 635. The van der Waals surface area contributed by atoms with Gasteiger partial charge in [0.1, 0.15) is 5.82 Å². The van der Waals surface area contributed by atoms with Crippen molar-refractivity contribution in [2.75, 3.05) is 0 Å². The number of halogens is 2. The zero-order valence-electron chi connectivity index (χ0n) is 10.7. The number of rotatable bonds is 2. The van der Waals surface area contributed by atoms with Crippen LogP contribution in [0.15, 0.2) is 34.1 Å². The van der Waals surface area contributed by atoms with E-state index in [1.54, 1.807) is 23.5 Å². The highest BCUT2D eigenvalue weighted by Crippen LogP contribution is 2.33. The first kappa shape index (κ1) is 13.8.